The van der Waals surface area contributed by atoms with E-state index in [0.29, 0.717) is 12.0 Å². The second kappa shape index (κ2) is 6.22. The number of aliphatic hydroxyl groups is 2. The maximum atomic E-state index is 12.4. The normalized spacial score (nSPS) is 14.6. The van der Waals surface area contributed by atoms with Crippen LogP contribution in [0.3, 0.4) is 0 Å². The Balaban J connectivity index is 3.10. The summed E-state index contributed by atoms with van der Waals surface area (Å²) in [6.45, 7) is 4.93. The van der Waals surface area contributed by atoms with E-state index in [1.807, 2.05) is 6.92 Å². The molecule has 0 aliphatic rings. The predicted molar refractivity (Wildman–Crippen MR) is 77.8 cm³/mol. The first-order chi connectivity index (χ1) is 9.08. The monoisotopic (exact) mass is 301 g/mol. The Bertz CT molecular complexity index is 549. The summed E-state index contributed by atoms with van der Waals surface area (Å²) in [6.07, 6.45) is -0.159. The summed E-state index contributed by atoms with van der Waals surface area (Å²) in [5.74, 6) is 0. The summed E-state index contributed by atoms with van der Waals surface area (Å²) in [5.41, 5.74) is -0.534. The van der Waals surface area contributed by atoms with E-state index in [4.69, 9.17) is 0 Å². The van der Waals surface area contributed by atoms with Gasteiger partial charge in [-0.3, -0.25) is 0 Å². The lowest BCUT2D eigenvalue weighted by Crippen LogP contribution is -2.39. The van der Waals surface area contributed by atoms with Crippen molar-refractivity contribution in [2.75, 3.05) is 13.6 Å². The first-order valence-corrected chi connectivity index (χ1v) is 7.98. The number of likely N-dealkylation sites (N-methyl/N-ethyl adjacent to an activating group) is 1. The highest BCUT2D eigenvalue weighted by molar-refractivity contribution is 7.89. The summed E-state index contributed by atoms with van der Waals surface area (Å²) >= 11 is 0. The molecule has 0 saturated heterocycles. The molecule has 2 N–H and O–H groups in total. The van der Waals surface area contributed by atoms with E-state index in [-0.39, 0.29) is 11.4 Å². The van der Waals surface area contributed by atoms with E-state index in [9.17, 15) is 18.6 Å². The average molecular weight is 301 g/mol. The van der Waals surface area contributed by atoms with Gasteiger partial charge in [0.15, 0.2) is 0 Å². The van der Waals surface area contributed by atoms with Crippen molar-refractivity contribution in [2.24, 2.45) is 0 Å². The Morgan fingerprint density at radius 2 is 1.95 bits per heavy atom. The second-order valence-corrected chi connectivity index (χ2v) is 7.61. The molecule has 0 fully saturated rings. The van der Waals surface area contributed by atoms with Gasteiger partial charge in [-0.1, -0.05) is 19.1 Å². The standard InChI is InChI=1S/C14H23NO4S/c1-5-13(16)11-7-6-8-12(9-11)20(18,19)15(4)10-14(2,3)17/h6-9,13,16-17H,5,10H2,1-4H3. The fourth-order valence-electron chi connectivity index (χ4n) is 1.93. The first-order valence-electron chi connectivity index (χ1n) is 6.54. The zero-order valence-corrected chi connectivity index (χ0v) is 13.2. The quantitative estimate of drug-likeness (QED) is 0.835. The molecule has 0 saturated carbocycles. The molecule has 114 valence electrons. The van der Waals surface area contributed by atoms with Gasteiger partial charge < -0.3 is 10.2 Å². The number of sulfonamides is 1. The summed E-state index contributed by atoms with van der Waals surface area (Å²) in [7, 11) is -2.25. The minimum atomic E-state index is -3.67. The molecule has 0 bridgehead atoms. The number of benzene rings is 1. The Morgan fingerprint density at radius 3 is 2.45 bits per heavy atom. The summed E-state index contributed by atoms with van der Waals surface area (Å²) in [5, 5.41) is 19.5. The maximum Gasteiger partial charge on any atom is 0.242 e. The Kier molecular flexibility index (Phi) is 5.32. The van der Waals surface area contributed by atoms with Crippen LogP contribution in [0.1, 0.15) is 38.9 Å². The van der Waals surface area contributed by atoms with Gasteiger partial charge in [0.05, 0.1) is 16.6 Å². The second-order valence-electron chi connectivity index (χ2n) is 5.57. The van der Waals surface area contributed by atoms with Gasteiger partial charge in [-0.05, 0) is 38.0 Å². The van der Waals surface area contributed by atoms with Crippen LogP contribution < -0.4 is 0 Å². The van der Waals surface area contributed by atoms with Crippen molar-refractivity contribution < 1.29 is 18.6 Å². The minimum absolute atomic E-state index is 0.00408. The van der Waals surface area contributed by atoms with E-state index < -0.39 is 21.7 Å². The lowest BCUT2D eigenvalue weighted by atomic mass is 10.1. The third kappa shape index (κ3) is 4.28. The zero-order chi connectivity index (χ0) is 15.6. The summed E-state index contributed by atoms with van der Waals surface area (Å²) < 4.78 is 25.9. The fraction of sp³-hybridized carbons (Fsp3) is 0.571. The van der Waals surface area contributed by atoms with Crippen molar-refractivity contribution in [1.29, 1.82) is 0 Å². The molecule has 1 aromatic carbocycles. The van der Waals surface area contributed by atoms with Gasteiger partial charge in [-0.2, -0.15) is 4.31 Å². The molecule has 6 heteroatoms. The maximum absolute atomic E-state index is 12.4. The van der Waals surface area contributed by atoms with E-state index >= 15 is 0 Å². The summed E-state index contributed by atoms with van der Waals surface area (Å²) in [4.78, 5) is 0.120. The van der Waals surface area contributed by atoms with Crippen LogP contribution in [0.2, 0.25) is 0 Å². The molecule has 0 aliphatic carbocycles. The molecule has 5 nitrogen and oxygen atoms in total. The van der Waals surface area contributed by atoms with Crippen LogP contribution in [-0.4, -0.2) is 42.1 Å². The third-order valence-corrected chi connectivity index (χ3v) is 4.75. The molecule has 0 aliphatic heterocycles. The Hall–Kier alpha value is -0.950. The molecule has 1 aromatic rings. The molecule has 0 amide bonds. The molecule has 0 radical (unpaired) electrons. The number of nitrogens with zero attached hydrogens (tertiary/aromatic N) is 1. The van der Waals surface area contributed by atoms with E-state index in [1.54, 1.807) is 26.0 Å². The molecule has 1 unspecified atom stereocenters. The van der Waals surface area contributed by atoms with Crippen LogP contribution in [0.4, 0.5) is 0 Å². The van der Waals surface area contributed by atoms with Crippen LogP contribution in [0.25, 0.3) is 0 Å². The van der Waals surface area contributed by atoms with Crippen LogP contribution in [0.5, 0.6) is 0 Å². The molecule has 20 heavy (non-hydrogen) atoms. The van der Waals surface area contributed by atoms with Gasteiger partial charge in [0.1, 0.15) is 0 Å². The van der Waals surface area contributed by atoms with Gasteiger partial charge in [0.2, 0.25) is 10.0 Å². The van der Waals surface area contributed by atoms with Crippen molar-refractivity contribution in [3.63, 3.8) is 0 Å². The van der Waals surface area contributed by atoms with E-state index in [0.717, 1.165) is 4.31 Å². The van der Waals surface area contributed by atoms with Crippen LogP contribution in [-0.2, 0) is 10.0 Å². The fourth-order valence-corrected chi connectivity index (χ4v) is 3.31. The zero-order valence-electron chi connectivity index (χ0n) is 12.4. The number of aliphatic hydroxyl groups excluding tert-OH is 1. The van der Waals surface area contributed by atoms with E-state index in [2.05, 4.69) is 0 Å². The molecule has 0 spiro atoms. The van der Waals surface area contributed by atoms with Crippen molar-refractivity contribution in [2.45, 2.75) is 43.8 Å². The number of hydrogen-bond donors (Lipinski definition) is 2. The van der Waals surface area contributed by atoms with Crippen molar-refractivity contribution in [1.82, 2.24) is 4.31 Å². The van der Waals surface area contributed by atoms with E-state index in [1.165, 1.54) is 19.2 Å². The Labute approximate surface area is 120 Å². The van der Waals surface area contributed by atoms with Crippen molar-refractivity contribution in [3.05, 3.63) is 29.8 Å². The molecular weight excluding hydrogens is 278 g/mol. The number of rotatable bonds is 6. The summed E-state index contributed by atoms with van der Waals surface area (Å²) in [6, 6.07) is 6.27. The van der Waals surface area contributed by atoms with Crippen molar-refractivity contribution >= 4 is 10.0 Å². The van der Waals surface area contributed by atoms with Crippen LogP contribution >= 0.6 is 0 Å². The molecular formula is C14H23NO4S. The van der Waals surface area contributed by atoms with Crippen LogP contribution in [0.15, 0.2) is 29.2 Å². The molecule has 1 atom stereocenters. The highest BCUT2D eigenvalue weighted by atomic mass is 32.2. The lowest BCUT2D eigenvalue weighted by Gasteiger charge is -2.25. The van der Waals surface area contributed by atoms with Gasteiger partial charge in [-0.15, -0.1) is 0 Å². The van der Waals surface area contributed by atoms with Crippen molar-refractivity contribution in [3.8, 4) is 0 Å². The molecule has 0 aromatic heterocycles. The van der Waals surface area contributed by atoms with Gasteiger partial charge in [0.25, 0.3) is 0 Å². The third-order valence-electron chi connectivity index (χ3n) is 2.95. The van der Waals surface area contributed by atoms with Gasteiger partial charge in [0, 0.05) is 13.6 Å². The topological polar surface area (TPSA) is 77.8 Å². The van der Waals surface area contributed by atoms with Gasteiger partial charge >= 0.3 is 0 Å². The largest absolute Gasteiger partial charge is 0.389 e. The molecule has 0 heterocycles. The number of hydrogen-bond acceptors (Lipinski definition) is 4. The van der Waals surface area contributed by atoms with Gasteiger partial charge in [-0.25, -0.2) is 8.42 Å². The SMILES string of the molecule is CCC(O)c1cccc(S(=O)(=O)N(C)CC(C)(C)O)c1. The Morgan fingerprint density at radius 1 is 1.35 bits per heavy atom. The highest BCUT2D eigenvalue weighted by Gasteiger charge is 2.26. The first kappa shape index (κ1) is 17.1. The minimum Gasteiger partial charge on any atom is -0.389 e. The lowest BCUT2D eigenvalue weighted by molar-refractivity contribution is 0.0640. The predicted octanol–water partition coefficient (Wildman–Crippen LogP) is 1.52. The smallest absolute Gasteiger partial charge is 0.242 e. The van der Waals surface area contributed by atoms with Crippen LogP contribution in [0, 0.1) is 0 Å². The average Bonchev–Trinajstić information content (AvgIpc) is 2.36. The molecule has 1 rings (SSSR count). The highest BCUT2D eigenvalue weighted by Crippen LogP contribution is 2.22.